The molecule has 2 rings (SSSR count). The number of alkyl carbamates (subject to hydrolysis) is 2. The number of hydrogen-bond donors (Lipinski definition) is 4. The zero-order valence-corrected chi connectivity index (χ0v) is 23.4. The number of aliphatic imine (C=N–C) groups is 1. The maximum absolute atomic E-state index is 12.3. The van der Waals surface area contributed by atoms with Crippen LogP contribution >= 0.6 is 0 Å². The van der Waals surface area contributed by atoms with E-state index >= 15 is 0 Å². The van der Waals surface area contributed by atoms with E-state index < -0.39 is 67.6 Å². The second-order valence-electron chi connectivity index (χ2n) is 8.86. The molecule has 4 N–H and O–H groups in total. The van der Waals surface area contributed by atoms with Crippen LogP contribution in [0.1, 0.15) is 31.4 Å². The van der Waals surface area contributed by atoms with E-state index in [1.807, 2.05) is 0 Å². The molecule has 43 heavy (non-hydrogen) atoms. The van der Waals surface area contributed by atoms with Gasteiger partial charge in [0.05, 0.1) is 18.9 Å². The number of aliphatic carboxylic acids is 1. The van der Waals surface area contributed by atoms with E-state index in [-0.39, 0.29) is 19.3 Å². The van der Waals surface area contributed by atoms with Crippen LogP contribution in [0.25, 0.3) is 0 Å². The Morgan fingerprint density at radius 3 is 1.58 bits per heavy atom. The Hall–Kier alpha value is -5.47. The van der Waals surface area contributed by atoms with Gasteiger partial charge >= 0.3 is 30.1 Å². The van der Waals surface area contributed by atoms with Gasteiger partial charge in [-0.05, 0) is 18.1 Å². The van der Waals surface area contributed by atoms with Crippen molar-refractivity contribution in [2.45, 2.75) is 45.2 Å². The molecule has 2 aromatic carbocycles. The first kappa shape index (κ1) is 33.7. The summed E-state index contributed by atoms with van der Waals surface area (Å²) in [5, 5.41) is 15.8. The number of guanidine groups is 1. The van der Waals surface area contributed by atoms with E-state index in [0.717, 1.165) is 6.92 Å². The van der Waals surface area contributed by atoms with Crippen LogP contribution in [0.15, 0.2) is 65.7 Å². The molecule has 0 spiro atoms. The third kappa shape index (κ3) is 14.6. The number of hydrogen-bond acceptors (Lipinski definition) is 11. The van der Waals surface area contributed by atoms with E-state index in [2.05, 4.69) is 20.9 Å². The molecular formula is C28H32N4O11. The van der Waals surface area contributed by atoms with Crippen LogP contribution in [-0.4, -0.2) is 72.7 Å². The number of carbonyl (C=O) groups excluding carboxylic acids is 5. The molecule has 0 fully saturated rings. The molecule has 1 unspecified atom stereocenters. The number of carboxylic acid groups (broad SMARTS) is 1. The molecule has 2 aromatic rings. The average molecular weight is 601 g/mol. The Kier molecular flexibility index (Phi) is 14.2. The van der Waals surface area contributed by atoms with Crippen LogP contribution in [0.2, 0.25) is 0 Å². The molecule has 0 aromatic heterocycles. The van der Waals surface area contributed by atoms with Crippen molar-refractivity contribution in [3.8, 4) is 0 Å². The summed E-state index contributed by atoms with van der Waals surface area (Å²) in [5.74, 6) is -3.77. The number of amides is 3. The second kappa shape index (κ2) is 18.1. The summed E-state index contributed by atoms with van der Waals surface area (Å²) < 4.78 is 19.3. The largest absolute Gasteiger partial charge is 0.480 e. The molecule has 0 radical (unpaired) electrons. The van der Waals surface area contributed by atoms with E-state index in [4.69, 9.17) is 18.9 Å². The number of nitrogens with one attached hydrogen (secondary N) is 3. The molecule has 15 heteroatoms. The minimum Gasteiger partial charge on any atom is -0.480 e. The maximum Gasteiger partial charge on any atom is 0.416 e. The first-order chi connectivity index (χ1) is 20.5. The lowest BCUT2D eigenvalue weighted by molar-refractivity contribution is -0.152. The van der Waals surface area contributed by atoms with Crippen molar-refractivity contribution in [2.75, 3.05) is 13.6 Å². The standard InChI is InChI=1S/C28H32N4O11/c1-18(13-22(25(36)37)30-19(2)33)29-26(31-27(38)42-16-40-23(34)14-20-9-5-3-6-10-20)32-28(39)43-17-41-24(35)15-21-11-7-4-8-12-21/h3-12,18,22H,13-17H2,1-2H3,(H,30,33)(H,36,37)(H2,29,31,32,38,39)/t18?,22-/m0/s1. The van der Waals surface area contributed by atoms with Gasteiger partial charge in [-0.25, -0.2) is 19.4 Å². The summed E-state index contributed by atoms with van der Waals surface area (Å²) in [5.41, 5.74) is 1.38. The molecule has 2 atom stereocenters. The van der Waals surface area contributed by atoms with Crippen molar-refractivity contribution in [1.82, 2.24) is 16.0 Å². The van der Waals surface area contributed by atoms with Crippen molar-refractivity contribution < 1.29 is 52.8 Å². The highest BCUT2D eigenvalue weighted by Crippen LogP contribution is 2.05. The van der Waals surface area contributed by atoms with Crippen molar-refractivity contribution in [3.05, 3.63) is 71.8 Å². The summed E-state index contributed by atoms with van der Waals surface area (Å²) in [6.45, 7) is 1.08. The van der Waals surface area contributed by atoms with Crippen molar-refractivity contribution in [2.24, 2.45) is 4.99 Å². The third-order valence-corrected chi connectivity index (χ3v) is 5.25. The maximum atomic E-state index is 12.3. The number of rotatable bonds is 13. The van der Waals surface area contributed by atoms with Gasteiger partial charge in [0.1, 0.15) is 6.04 Å². The Bertz CT molecular complexity index is 1210. The molecule has 0 heterocycles. The van der Waals surface area contributed by atoms with E-state index in [0.29, 0.717) is 11.1 Å². The first-order valence-corrected chi connectivity index (χ1v) is 12.9. The highest BCUT2D eigenvalue weighted by Gasteiger charge is 2.22. The van der Waals surface area contributed by atoms with Gasteiger partial charge in [-0.3, -0.25) is 25.0 Å². The number of nitrogens with zero attached hydrogens (tertiary/aromatic N) is 1. The van der Waals surface area contributed by atoms with Gasteiger partial charge in [-0.1, -0.05) is 60.7 Å². The molecule has 0 saturated carbocycles. The Morgan fingerprint density at radius 2 is 1.19 bits per heavy atom. The molecule has 0 aliphatic carbocycles. The van der Waals surface area contributed by atoms with Gasteiger partial charge in [0.2, 0.25) is 25.5 Å². The zero-order valence-electron chi connectivity index (χ0n) is 23.4. The molecule has 0 aliphatic rings. The summed E-state index contributed by atoms with van der Waals surface area (Å²) in [6, 6.07) is 15.2. The minimum absolute atomic E-state index is 0.0571. The lowest BCUT2D eigenvalue weighted by atomic mass is 10.1. The fourth-order valence-electron chi connectivity index (χ4n) is 3.37. The van der Waals surface area contributed by atoms with Crippen molar-refractivity contribution in [3.63, 3.8) is 0 Å². The molecule has 15 nitrogen and oxygen atoms in total. The van der Waals surface area contributed by atoms with Crippen molar-refractivity contribution in [1.29, 1.82) is 0 Å². The Labute approximate surface area is 246 Å². The predicted molar refractivity (Wildman–Crippen MR) is 148 cm³/mol. The SMILES string of the molecule is CC(=O)N[C@@H](CC(C)N=C(NC(=O)OCOC(=O)Cc1ccccc1)NC(=O)OCOC(=O)Cc1ccccc1)C(=O)O. The minimum atomic E-state index is -1.33. The monoisotopic (exact) mass is 600 g/mol. The number of benzene rings is 2. The molecule has 0 saturated heterocycles. The lowest BCUT2D eigenvalue weighted by Gasteiger charge is -2.17. The topological polar surface area (TPSA) is 208 Å². The first-order valence-electron chi connectivity index (χ1n) is 12.9. The lowest BCUT2D eigenvalue weighted by Crippen LogP contribution is -2.46. The number of ether oxygens (including phenoxy) is 4. The highest BCUT2D eigenvalue weighted by atomic mass is 16.7. The third-order valence-electron chi connectivity index (χ3n) is 5.25. The summed E-state index contributed by atoms with van der Waals surface area (Å²) in [7, 11) is 0. The van der Waals surface area contributed by atoms with Crippen LogP contribution in [0, 0.1) is 0 Å². The highest BCUT2D eigenvalue weighted by molar-refractivity contribution is 6.01. The van der Waals surface area contributed by atoms with Crippen LogP contribution < -0.4 is 16.0 Å². The van der Waals surface area contributed by atoms with E-state index in [1.54, 1.807) is 60.7 Å². The van der Waals surface area contributed by atoms with Gasteiger partial charge in [-0.2, -0.15) is 0 Å². The molecular weight excluding hydrogens is 568 g/mol. The van der Waals surface area contributed by atoms with Gasteiger partial charge in [0.25, 0.3) is 0 Å². The average Bonchev–Trinajstić information content (AvgIpc) is 2.93. The van der Waals surface area contributed by atoms with Gasteiger partial charge in [0, 0.05) is 13.3 Å². The van der Waals surface area contributed by atoms with Gasteiger partial charge in [0.15, 0.2) is 0 Å². The predicted octanol–water partition coefficient (Wildman–Crippen LogP) is 1.65. The van der Waals surface area contributed by atoms with Crippen LogP contribution in [-0.2, 0) is 51.0 Å². The molecule has 3 amide bonds. The van der Waals surface area contributed by atoms with E-state index in [1.165, 1.54) is 6.92 Å². The summed E-state index contributed by atoms with van der Waals surface area (Å²) >= 11 is 0. The summed E-state index contributed by atoms with van der Waals surface area (Å²) in [4.78, 5) is 75.3. The van der Waals surface area contributed by atoms with Crippen LogP contribution in [0.5, 0.6) is 0 Å². The Balaban J connectivity index is 1.94. The van der Waals surface area contributed by atoms with Gasteiger partial charge in [-0.15, -0.1) is 0 Å². The summed E-state index contributed by atoms with van der Waals surface area (Å²) in [6.07, 6.45) is -2.72. The van der Waals surface area contributed by atoms with Crippen molar-refractivity contribution >= 4 is 42.0 Å². The van der Waals surface area contributed by atoms with Crippen LogP contribution in [0.4, 0.5) is 9.59 Å². The zero-order chi connectivity index (χ0) is 31.6. The fraction of sp³-hybridized carbons (Fsp3) is 0.321. The normalized spacial score (nSPS) is 11.5. The molecule has 0 bridgehead atoms. The fourth-order valence-corrected chi connectivity index (χ4v) is 3.37. The number of carbonyl (C=O) groups is 6. The number of esters is 2. The quantitative estimate of drug-likeness (QED) is 0.112. The smallest absolute Gasteiger partial charge is 0.416 e. The number of carboxylic acids is 1. The van der Waals surface area contributed by atoms with E-state index in [9.17, 15) is 33.9 Å². The Morgan fingerprint density at radius 1 is 0.744 bits per heavy atom. The molecule has 0 aliphatic heterocycles. The second-order valence-corrected chi connectivity index (χ2v) is 8.86. The van der Waals surface area contributed by atoms with Gasteiger partial charge < -0.3 is 29.4 Å². The molecule has 230 valence electrons. The van der Waals surface area contributed by atoms with Crippen LogP contribution in [0.3, 0.4) is 0 Å².